The third kappa shape index (κ3) is 8.65. The first-order chi connectivity index (χ1) is 18.8. The summed E-state index contributed by atoms with van der Waals surface area (Å²) in [6.07, 6.45) is 0.655. The molecular weight excluding hydrogens is 526 g/mol. The number of amides is 2. The highest BCUT2D eigenvalue weighted by Gasteiger charge is 2.28. The molecule has 0 aromatic heterocycles. The summed E-state index contributed by atoms with van der Waals surface area (Å²) in [5.74, 6) is 0.342. The molecule has 2 amide bonds. The van der Waals surface area contributed by atoms with E-state index >= 15 is 0 Å². The molecule has 0 aliphatic carbocycles. The van der Waals surface area contributed by atoms with Gasteiger partial charge in [-0.05, 0) is 55.3 Å². The second-order valence-electron chi connectivity index (χ2n) is 8.96. The Labute approximate surface area is 230 Å². The Kier molecular flexibility index (Phi) is 11.5. The van der Waals surface area contributed by atoms with E-state index in [1.807, 2.05) is 12.1 Å². The molecule has 3 rings (SSSR count). The average molecular weight is 564 g/mol. The average Bonchev–Trinajstić information content (AvgIpc) is 2.97. The van der Waals surface area contributed by atoms with Crippen molar-refractivity contribution < 1.29 is 37.0 Å². The van der Waals surface area contributed by atoms with Gasteiger partial charge in [0.05, 0.1) is 25.2 Å². The highest BCUT2D eigenvalue weighted by Crippen LogP contribution is 2.21. The van der Waals surface area contributed by atoms with E-state index in [0.29, 0.717) is 57.4 Å². The normalized spacial score (nSPS) is 14.8. The molecule has 1 aliphatic rings. The van der Waals surface area contributed by atoms with Crippen molar-refractivity contribution in [1.29, 1.82) is 0 Å². The minimum atomic E-state index is -3.63. The summed E-state index contributed by atoms with van der Waals surface area (Å²) in [5.41, 5.74) is 0.820. The molecule has 1 atom stereocenters. The van der Waals surface area contributed by atoms with Gasteiger partial charge in [-0.25, -0.2) is 8.42 Å². The van der Waals surface area contributed by atoms with Crippen molar-refractivity contribution in [3.05, 3.63) is 54.1 Å². The number of carbonyl (C=O) groups is 2. The largest absolute Gasteiger partial charge is 0.497 e. The predicted octanol–water partition coefficient (Wildman–Crippen LogP) is 1.66. The molecule has 0 saturated carbocycles. The number of hydrogen-bond donors (Lipinski definition) is 1. The number of hydrogen-bond acceptors (Lipinski definition) is 8. The van der Waals surface area contributed by atoms with Crippen molar-refractivity contribution in [2.45, 2.75) is 30.8 Å². The van der Waals surface area contributed by atoms with Crippen molar-refractivity contribution in [3.8, 4) is 11.5 Å². The summed E-state index contributed by atoms with van der Waals surface area (Å²) < 4.78 is 48.2. The Morgan fingerprint density at radius 2 is 1.67 bits per heavy atom. The predicted molar refractivity (Wildman–Crippen MR) is 144 cm³/mol. The van der Waals surface area contributed by atoms with Gasteiger partial charge >= 0.3 is 0 Å². The Morgan fingerprint density at radius 3 is 2.28 bits per heavy atom. The van der Waals surface area contributed by atoms with E-state index in [9.17, 15) is 18.0 Å². The molecule has 39 heavy (non-hydrogen) atoms. The number of ether oxygens (including phenoxy) is 4. The van der Waals surface area contributed by atoms with E-state index in [0.717, 1.165) is 5.56 Å². The van der Waals surface area contributed by atoms with Crippen LogP contribution in [0.5, 0.6) is 11.5 Å². The highest BCUT2D eigenvalue weighted by atomic mass is 32.2. The van der Waals surface area contributed by atoms with Crippen LogP contribution in [0.25, 0.3) is 0 Å². The molecule has 0 bridgehead atoms. The van der Waals surface area contributed by atoms with Crippen LogP contribution in [0.3, 0.4) is 0 Å². The van der Waals surface area contributed by atoms with Crippen LogP contribution in [-0.4, -0.2) is 95.8 Å². The number of nitrogens with zero attached hydrogens (tertiary/aromatic N) is 2. The van der Waals surface area contributed by atoms with Crippen LogP contribution in [0.1, 0.15) is 18.9 Å². The van der Waals surface area contributed by atoms with E-state index in [2.05, 4.69) is 5.32 Å². The van der Waals surface area contributed by atoms with E-state index in [1.165, 1.54) is 33.5 Å². The summed E-state index contributed by atoms with van der Waals surface area (Å²) in [7, 11) is -0.468. The van der Waals surface area contributed by atoms with E-state index in [4.69, 9.17) is 18.9 Å². The lowest BCUT2D eigenvalue weighted by Crippen LogP contribution is -2.49. The molecule has 1 N–H and O–H groups in total. The van der Waals surface area contributed by atoms with Gasteiger partial charge < -0.3 is 29.2 Å². The number of carbonyl (C=O) groups excluding carboxylic acids is 2. The van der Waals surface area contributed by atoms with Gasteiger partial charge in [-0.1, -0.05) is 12.1 Å². The molecule has 1 heterocycles. The van der Waals surface area contributed by atoms with Crippen molar-refractivity contribution in [1.82, 2.24) is 14.5 Å². The first-order valence-corrected chi connectivity index (χ1v) is 14.2. The molecule has 11 nitrogen and oxygen atoms in total. The summed E-state index contributed by atoms with van der Waals surface area (Å²) in [5, 5.41) is 2.84. The zero-order valence-electron chi connectivity index (χ0n) is 22.6. The number of nitrogens with one attached hydrogen (secondary N) is 1. The summed E-state index contributed by atoms with van der Waals surface area (Å²) in [4.78, 5) is 27.7. The lowest BCUT2D eigenvalue weighted by Gasteiger charge is -2.29. The van der Waals surface area contributed by atoms with Crippen LogP contribution in [0, 0.1) is 0 Å². The molecule has 0 radical (unpaired) electrons. The van der Waals surface area contributed by atoms with Gasteiger partial charge in [0, 0.05) is 39.9 Å². The van der Waals surface area contributed by atoms with Crippen molar-refractivity contribution in [3.63, 3.8) is 0 Å². The Morgan fingerprint density at radius 1 is 1.03 bits per heavy atom. The summed E-state index contributed by atoms with van der Waals surface area (Å²) >= 11 is 0. The fourth-order valence-corrected chi connectivity index (χ4v) is 5.37. The van der Waals surface area contributed by atoms with Crippen LogP contribution in [0.15, 0.2) is 53.4 Å². The fourth-order valence-electron chi connectivity index (χ4n) is 3.96. The van der Waals surface area contributed by atoms with Crippen molar-refractivity contribution >= 4 is 21.8 Å². The molecule has 1 aliphatic heterocycles. The van der Waals surface area contributed by atoms with Crippen LogP contribution in [-0.2, 0) is 35.6 Å². The molecule has 2 aromatic carbocycles. The molecular formula is C27H37N3O8S. The smallest absolute Gasteiger partial charge is 0.261 e. The topological polar surface area (TPSA) is 124 Å². The van der Waals surface area contributed by atoms with Crippen LogP contribution < -0.4 is 14.8 Å². The SMILES string of the molecule is COCCCNC(=O)[C@@H](C)N(Cc1ccc(OC)cc1)C(=O)COc1ccc(S(=O)(=O)N2CCOCC2)cc1. The van der Waals surface area contributed by atoms with Gasteiger partial charge in [0.2, 0.25) is 15.9 Å². The minimum Gasteiger partial charge on any atom is -0.497 e. The first-order valence-electron chi connectivity index (χ1n) is 12.8. The highest BCUT2D eigenvalue weighted by molar-refractivity contribution is 7.89. The number of rotatable bonds is 14. The third-order valence-corrected chi connectivity index (χ3v) is 8.21. The second-order valence-corrected chi connectivity index (χ2v) is 10.9. The van der Waals surface area contributed by atoms with E-state index < -0.39 is 22.0 Å². The van der Waals surface area contributed by atoms with Gasteiger partial charge in [-0.2, -0.15) is 4.31 Å². The zero-order chi connectivity index (χ0) is 28.3. The quantitative estimate of drug-likeness (QED) is 0.345. The van der Waals surface area contributed by atoms with Crippen molar-refractivity contribution in [2.75, 3.05) is 60.3 Å². The van der Waals surface area contributed by atoms with Crippen LogP contribution >= 0.6 is 0 Å². The van der Waals surface area contributed by atoms with Gasteiger partial charge in [0.1, 0.15) is 17.5 Å². The molecule has 0 spiro atoms. The number of benzene rings is 2. The maximum absolute atomic E-state index is 13.3. The molecule has 214 valence electrons. The Bertz CT molecular complexity index is 1170. The molecule has 2 aromatic rings. The summed E-state index contributed by atoms with van der Waals surface area (Å²) in [6.45, 7) is 3.80. The number of sulfonamides is 1. The molecule has 1 saturated heterocycles. The number of morpholine rings is 1. The number of methoxy groups -OCH3 is 2. The van der Waals surface area contributed by atoms with Crippen molar-refractivity contribution in [2.24, 2.45) is 0 Å². The van der Waals surface area contributed by atoms with Gasteiger partial charge in [-0.15, -0.1) is 0 Å². The minimum absolute atomic E-state index is 0.142. The standard InChI is InChI=1S/C27H37N3O8S/c1-21(27(32)28-13-4-16-35-2)30(19-22-5-7-23(36-3)8-6-22)26(31)20-38-24-9-11-25(12-10-24)39(33,34)29-14-17-37-18-15-29/h5-12,21H,4,13-20H2,1-3H3,(H,28,32)/t21-/m1/s1. The van der Waals surface area contributed by atoms with Gasteiger partial charge in [0.15, 0.2) is 6.61 Å². The monoisotopic (exact) mass is 563 g/mol. The lowest BCUT2D eigenvalue weighted by atomic mass is 10.1. The second kappa shape index (κ2) is 14.8. The lowest BCUT2D eigenvalue weighted by molar-refractivity contribution is -0.142. The third-order valence-electron chi connectivity index (χ3n) is 6.30. The molecule has 12 heteroatoms. The zero-order valence-corrected chi connectivity index (χ0v) is 23.4. The van der Waals surface area contributed by atoms with Gasteiger partial charge in [-0.3, -0.25) is 9.59 Å². The maximum Gasteiger partial charge on any atom is 0.261 e. The molecule has 1 fully saturated rings. The Balaban J connectivity index is 1.66. The Hall–Kier alpha value is -3.19. The van der Waals surface area contributed by atoms with Gasteiger partial charge in [0.25, 0.3) is 5.91 Å². The van der Waals surface area contributed by atoms with E-state index in [-0.39, 0.29) is 24.0 Å². The maximum atomic E-state index is 13.3. The summed E-state index contributed by atoms with van der Waals surface area (Å²) in [6, 6.07) is 12.4. The van der Waals surface area contributed by atoms with Crippen LogP contribution in [0.2, 0.25) is 0 Å². The van der Waals surface area contributed by atoms with Crippen LogP contribution in [0.4, 0.5) is 0 Å². The molecule has 0 unspecified atom stereocenters. The first kappa shape index (κ1) is 30.4. The fraction of sp³-hybridized carbons (Fsp3) is 0.481. The van der Waals surface area contributed by atoms with E-state index in [1.54, 1.807) is 33.3 Å².